The summed E-state index contributed by atoms with van der Waals surface area (Å²) >= 11 is 0. The van der Waals surface area contributed by atoms with Crippen LogP contribution in [0.2, 0.25) is 0 Å². The second kappa shape index (κ2) is 11.0. The Hall–Kier alpha value is -3.79. The zero-order valence-corrected chi connectivity index (χ0v) is 17.7. The number of benzene rings is 2. The van der Waals surface area contributed by atoms with Gasteiger partial charge < -0.3 is 25.8 Å². The van der Waals surface area contributed by atoms with E-state index in [1.54, 1.807) is 31.2 Å². The third-order valence-corrected chi connectivity index (χ3v) is 4.50. The number of amides is 2. The summed E-state index contributed by atoms with van der Waals surface area (Å²) < 4.78 is 19.5. The molecule has 32 heavy (non-hydrogen) atoms. The fourth-order valence-electron chi connectivity index (χ4n) is 3.05. The molecule has 170 valence electrons. The van der Waals surface area contributed by atoms with Crippen molar-refractivity contribution in [2.24, 2.45) is 5.73 Å². The van der Waals surface area contributed by atoms with Crippen molar-refractivity contribution in [2.75, 3.05) is 6.61 Å². The molecule has 2 aromatic carbocycles. The summed E-state index contributed by atoms with van der Waals surface area (Å²) in [5, 5.41) is 17.5. The maximum Gasteiger partial charge on any atom is 0.300 e. The Labute approximate surface area is 184 Å². The topological polar surface area (TPSA) is 146 Å². The second-order valence-electron chi connectivity index (χ2n) is 6.85. The lowest BCUT2D eigenvalue weighted by molar-refractivity contribution is -0.143. The predicted molar refractivity (Wildman–Crippen MR) is 114 cm³/mol. The van der Waals surface area contributed by atoms with Gasteiger partial charge in [-0.2, -0.15) is 0 Å². The summed E-state index contributed by atoms with van der Waals surface area (Å²) in [6, 6.07) is 11.2. The summed E-state index contributed by atoms with van der Waals surface area (Å²) in [5.74, 6) is -2.27. The number of aliphatic carboxylic acids is 1. The molecule has 0 radical (unpaired) electrons. The van der Waals surface area contributed by atoms with Crippen molar-refractivity contribution in [2.45, 2.75) is 33.2 Å². The van der Waals surface area contributed by atoms with Crippen molar-refractivity contribution in [1.82, 2.24) is 10.2 Å². The molecule has 0 bridgehead atoms. The number of halogens is 1. The highest BCUT2D eigenvalue weighted by Crippen LogP contribution is 2.27. The highest BCUT2D eigenvalue weighted by molar-refractivity contribution is 6.00. The number of nitrogen functional groups attached to an aromatic ring is 1. The number of nitrogens with one attached hydrogen (secondary N) is 2. The van der Waals surface area contributed by atoms with Crippen LogP contribution in [0.4, 0.5) is 4.39 Å². The third-order valence-electron chi connectivity index (χ3n) is 4.50. The van der Waals surface area contributed by atoms with Crippen molar-refractivity contribution in [3.63, 3.8) is 0 Å². The van der Waals surface area contributed by atoms with Gasteiger partial charge in [0.15, 0.2) is 0 Å². The van der Waals surface area contributed by atoms with Gasteiger partial charge in [0.25, 0.3) is 17.8 Å². The predicted octanol–water partition coefficient (Wildman–Crippen LogP) is 1.84. The van der Waals surface area contributed by atoms with Crippen LogP contribution >= 0.6 is 0 Å². The lowest BCUT2D eigenvalue weighted by Gasteiger charge is -2.26. The molecule has 0 aromatic heterocycles. The molecule has 0 fully saturated rings. The number of carbonyl (C=O) groups excluding carboxylic acids is 2. The number of carbonyl (C=O) groups is 3. The number of hydrogen-bond acceptors (Lipinski definition) is 5. The van der Waals surface area contributed by atoms with Crippen LogP contribution < -0.4 is 11.1 Å². The largest absolute Gasteiger partial charge is 0.481 e. The van der Waals surface area contributed by atoms with E-state index in [4.69, 9.17) is 25.8 Å². The van der Waals surface area contributed by atoms with E-state index in [-0.39, 0.29) is 36.7 Å². The first kappa shape index (κ1) is 24.5. The van der Waals surface area contributed by atoms with Gasteiger partial charge in [-0.15, -0.1) is 0 Å². The number of fused-ring (bicyclic) bond motifs is 1. The Kier molecular flexibility index (Phi) is 8.42. The highest BCUT2D eigenvalue weighted by atomic mass is 19.1. The molecular weight excluding hydrogens is 419 g/mol. The van der Waals surface area contributed by atoms with E-state index in [9.17, 15) is 14.0 Å². The van der Waals surface area contributed by atoms with Crippen molar-refractivity contribution >= 4 is 23.6 Å². The van der Waals surface area contributed by atoms with Crippen molar-refractivity contribution < 1.29 is 28.6 Å². The number of carboxylic acid groups (broad SMARTS) is 1. The molecule has 9 nitrogen and oxygen atoms in total. The number of nitrogens with two attached hydrogens (primary N) is 1. The van der Waals surface area contributed by atoms with E-state index in [1.165, 1.54) is 23.1 Å². The molecule has 1 aliphatic rings. The highest BCUT2D eigenvalue weighted by Gasteiger charge is 2.38. The van der Waals surface area contributed by atoms with E-state index in [2.05, 4.69) is 5.32 Å². The van der Waals surface area contributed by atoms with Gasteiger partial charge in [0.05, 0.1) is 6.54 Å². The average Bonchev–Trinajstić information content (AvgIpc) is 3.08. The minimum Gasteiger partial charge on any atom is -0.481 e. The van der Waals surface area contributed by atoms with Crippen molar-refractivity contribution in [1.29, 1.82) is 5.41 Å². The molecule has 1 heterocycles. The molecule has 2 aromatic rings. The Balaban J connectivity index is 0.000000837. The molecule has 10 heteroatoms. The molecule has 0 spiro atoms. The average molecular weight is 444 g/mol. The van der Waals surface area contributed by atoms with Crippen LogP contribution in [0.5, 0.6) is 0 Å². The maximum atomic E-state index is 14.0. The molecule has 0 aliphatic carbocycles. The zero-order valence-electron chi connectivity index (χ0n) is 17.7. The summed E-state index contributed by atoms with van der Waals surface area (Å²) in [5.41, 5.74) is 7.33. The smallest absolute Gasteiger partial charge is 0.300 e. The Morgan fingerprint density at radius 2 is 1.91 bits per heavy atom. The van der Waals surface area contributed by atoms with Gasteiger partial charge in [0, 0.05) is 36.8 Å². The van der Waals surface area contributed by atoms with Gasteiger partial charge in [-0.3, -0.25) is 19.8 Å². The first-order valence-electron chi connectivity index (χ1n) is 9.76. The van der Waals surface area contributed by atoms with Crippen LogP contribution in [0, 0.1) is 11.2 Å². The number of carboxylic acids is 1. The summed E-state index contributed by atoms with van der Waals surface area (Å²) in [6.07, 6.45) is -1.15. The third kappa shape index (κ3) is 6.11. The number of nitrogens with zero attached hydrogens (tertiary/aromatic N) is 1. The fourth-order valence-corrected chi connectivity index (χ4v) is 3.05. The summed E-state index contributed by atoms with van der Waals surface area (Å²) in [4.78, 5) is 35.5. The number of rotatable bonds is 7. The van der Waals surface area contributed by atoms with Gasteiger partial charge in [0.1, 0.15) is 11.7 Å². The van der Waals surface area contributed by atoms with Gasteiger partial charge >= 0.3 is 0 Å². The number of ether oxygens (including phenoxy) is 1. The Morgan fingerprint density at radius 1 is 1.28 bits per heavy atom. The minimum absolute atomic E-state index is 0.0216. The van der Waals surface area contributed by atoms with Gasteiger partial charge in [-0.1, -0.05) is 30.3 Å². The molecular formula is C22H25FN4O5. The first-order chi connectivity index (χ1) is 15.1. The van der Waals surface area contributed by atoms with Gasteiger partial charge in [-0.05, 0) is 24.6 Å². The second-order valence-corrected chi connectivity index (χ2v) is 6.85. The van der Waals surface area contributed by atoms with E-state index in [0.717, 1.165) is 12.5 Å². The molecule has 1 aliphatic heterocycles. The van der Waals surface area contributed by atoms with Crippen molar-refractivity contribution in [3.8, 4) is 0 Å². The maximum absolute atomic E-state index is 14.0. The van der Waals surface area contributed by atoms with Crippen LogP contribution in [0.25, 0.3) is 0 Å². The van der Waals surface area contributed by atoms with Crippen LogP contribution in [0.3, 0.4) is 0 Å². The van der Waals surface area contributed by atoms with Crippen LogP contribution in [-0.2, 0) is 27.4 Å². The molecule has 0 saturated carbocycles. The van der Waals surface area contributed by atoms with Crippen LogP contribution in [-0.4, -0.2) is 46.5 Å². The van der Waals surface area contributed by atoms with Gasteiger partial charge in [-0.25, -0.2) is 4.39 Å². The summed E-state index contributed by atoms with van der Waals surface area (Å²) in [7, 11) is 0. The molecule has 1 unspecified atom stereocenters. The zero-order chi connectivity index (χ0) is 23.8. The molecule has 0 saturated heterocycles. The fraction of sp³-hybridized carbons (Fsp3) is 0.273. The quantitative estimate of drug-likeness (QED) is 0.379. The van der Waals surface area contributed by atoms with E-state index in [1.807, 2.05) is 0 Å². The molecule has 3 rings (SSSR count). The van der Waals surface area contributed by atoms with Gasteiger partial charge in [0.2, 0.25) is 6.23 Å². The Morgan fingerprint density at radius 3 is 2.44 bits per heavy atom. The lowest BCUT2D eigenvalue weighted by Crippen LogP contribution is -2.48. The van der Waals surface area contributed by atoms with E-state index >= 15 is 0 Å². The number of amidine groups is 1. The number of hydrogen-bond donors (Lipinski definition) is 4. The monoisotopic (exact) mass is 444 g/mol. The molecule has 1 atom stereocenters. The van der Waals surface area contributed by atoms with E-state index < -0.39 is 29.8 Å². The Bertz CT molecular complexity index is 1010. The normalized spacial score (nSPS) is 13.0. The van der Waals surface area contributed by atoms with Crippen LogP contribution in [0.15, 0.2) is 42.5 Å². The minimum atomic E-state index is -1.15. The van der Waals surface area contributed by atoms with Crippen molar-refractivity contribution in [3.05, 3.63) is 70.5 Å². The molecule has 5 N–H and O–H groups in total. The molecule has 2 amide bonds. The summed E-state index contributed by atoms with van der Waals surface area (Å²) in [6.45, 7) is 3.21. The standard InChI is InChI=1S/C20H21FN4O3.C2H4O2/c1-2-28-20(25-11-15-14(19(25)27)4-3-5-16(15)21)18(26)24-10-12-6-8-13(9-7-12)17(22)23;1-2(3)4/h3-9,20H,2,10-11H2,1H3,(H3,22,23)(H,24,26);1H3,(H,3,4). The lowest BCUT2D eigenvalue weighted by atomic mass is 10.1. The first-order valence-corrected chi connectivity index (χ1v) is 9.76. The van der Waals surface area contributed by atoms with E-state index in [0.29, 0.717) is 5.56 Å². The SMILES string of the molecule is CC(=O)O.CCOC(C(=O)NCc1ccc(C(=N)N)cc1)N1Cc2c(F)cccc2C1=O. The van der Waals surface area contributed by atoms with Crippen LogP contribution in [0.1, 0.15) is 40.9 Å².